The van der Waals surface area contributed by atoms with Crippen LogP contribution in [0, 0.1) is 17.2 Å². The van der Waals surface area contributed by atoms with E-state index in [0.717, 1.165) is 5.69 Å². The molecule has 1 N–H and O–H groups in total. The Bertz CT molecular complexity index is 916. The van der Waals surface area contributed by atoms with Gasteiger partial charge < -0.3 is 19.7 Å². The lowest BCUT2D eigenvalue weighted by atomic mass is 9.95. The summed E-state index contributed by atoms with van der Waals surface area (Å²) in [4.78, 5) is 26.7. The molecule has 156 valence electrons. The van der Waals surface area contributed by atoms with E-state index in [0.29, 0.717) is 49.6 Å². The monoisotopic (exact) mass is 407 g/mol. The molecule has 0 unspecified atom stereocenters. The number of likely N-dealkylation sites (tertiary alicyclic amines) is 1. The Morgan fingerprint density at radius 2 is 1.83 bits per heavy atom. The molecule has 0 aliphatic carbocycles. The molecule has 30 heavy (non-hydrogen) atoms. The number of nitrogens with zero attached hydrogens (tertiary/aromatic N) is 2. The fraction of sp³-hybridized carbons (Fsp3) is 0.348. The molecule has 1 aliphatic heterocycles. The Morgan fingerprint density at radius 3 is 2.50 bits per heavy atom. The van der Waals surface area contributed by atoms with Crippen LogP contribution in [0.25, 0.3) is 0 Å². The Balaban J connectivity index is 1.49. The van der Waals surface area contributed by atoms with E-state index in [1.807, 2.05) is 37.3 Å². The van der Waals surface area contributed by atoms with Gasteiger partial charge >= 0.3 is 0 Å². The first kappa shape index (κ1) is 21.2. The van der Waals surface area contributed by atoms with Crippen molar-refractivity contribution >= 4 is 17.5 Å². The minimum Gasteiger partial charge on any atom is -0.490 e. The lowest BCUT2D eigenvalue weighted by Gasteiger charge is -2.31. The van der Waals surface area contributed by atoms with Crippen molar-refractivity contribution in [3.05, 3.63) is 54.1 Å². The highest BCUT2D eigenvalue weighted by Crippen LogP contribution is 2.28. The average molecular weight is 407 g/mol. The van der Waals surface area contributed by atoms with Crippen LogP contribution in [-0.4, -0.2) is 43.0 Å². The topological polar surface area (TPSA) is 91.7 Å². The summed E-state index contributed by atoms with van der Waals surface area (Å²) in [5.41, 5.74) is 1.25. The second-order valence-corrected chi connectivity index (χ2v) is 7.01. The third-order valence-corrected chi connectivity index (χ3v) is 4.98. The SMILES string of the molecule is CCOc1cc(C#N)ccc1OCC(=O)N1CCC(C(=O)Nc2ccccc2)CC1. The number of amides is 2. The summed E-state index contributed by atoms with van der Waals surface area (Å²) in [5.74, 6) is 0.618. The molecule has 0 atom stereocenters. The zero-order valence-corrected chi connectivity index (χ0v) is 17.0. The maximum atomic E-state index is 12.5. The maximum Gasteiger partial charge on any atom is 0.260 e. The summed E-state index contributed by atoms with van der Waals surface area (Å²) in [7, 11) is 0. The van der Waals surface area contributed by atoms with Crippen LogP contribution < -0.4 is 14.8 Å². The number of para-hydroxylation sites is 1. The number of nitriles is 1. The number of hydrogen-bond acceptors (Lipinski definition) is 5. The third-order valence-electron chi connectivity index (χ3n) is 4.98. The smallest absolute Gasteiger partial charge is 0.260 e. The summed E-state index contributed by atoms with van der Waals surface area (Å²) in [6.07, 6.45) is 1.23. The van der Waals surface area contributed by atoms with E-state index in [1.165, 1.54) is 0 Å². The predicted molar refractivity (Wildman–Crippen MR) is 112 cm³/mol. The standard InChI is InChI=1S/C23H25N3O4/c1-2-29-21-14-17(15-24)8-9-20(21)30-16-22(27)26-12-10-18(11-13-26)23(28)25-19-6-4-3-5-7-19/h3-9,14,18H,2,10-13,16H2,1H3,(H,25,28). The number of anilines is 1. The first-order valence-electron chi connectivity index (χ1n) is 10.0. The van der Waals surface area contributed by atoms with E-state index in [-0.39, 0.29) is 24.3 Å². The second kappa shape index (κ2) is 10.3. The highest BCUT2D eigenvalue weighted by atomic mass is 16.5. The van der Waals surface area contributed by atoms with Gasteiger partial charge in [-0.1, -0.05) is 18.2 Å². The van der Waals surface area contributed by atoms with Gasteiger partial charge in [0, 0.05) is 30.8 Å². The molecule has 7 nitrogen and oxygen atoms in total. The van der Waals surface area contributed by atoms with Gasteiger partial charge in [-0.25, -0.2) is 0 Å². The van der Waals surface area contributed by atoms with Gasteiger partial charge in [-0.3, -0.25) is 9.59 Å². The number of benzene rings is 2. The molecule has 3 rings (SSSR count). The summed E-state index contributed by atoms with van der Waals surface area (Å²) in [5, 5.41) is 11.9. The van der Waals surface area contributed by atoms with Gasteiger partial charge in [-0.2, -0.15) is 5.26 Å². The minimum atomic E-state index is -0.135. The Kier molecular flexibility index (Phi) is 7.28. The van der Waals surface area contributed by atoms with Gasteiger partial charge in [-0.15, -0.1) is 0 Å². The van der Waals surface area contributed by atoms with E-state index in [9.17, 15) is 9.59 Å². The Hall–Kier alpha value is -3.53. The van der Waals surface area contributed by atoms with Crippen LogP contribution in [-0.2, 0) is 9.59 Å². The Labute approximate surface area is 176 Å². The van der Waals surface area contributed by atoms with Crippen molar-refractivity contribution in [1.82, 2.24) is 4.90 Å². The fourth-order valence-electron chi connectivity index (χ4n) is 3.35. The van der Waals surface area contributed by atoms with Crippen LogP contribution in [0.1, 0.15) is 25.3 Å². The van der Waals surface area contributed by atoms with Gasteiger partial charge in [0.1, 0.15) is 0 Å². The number of hydrogen-bond donors (Lipinski definition) is 1. The van der Waals surface area contributed by atoms with Crippen molar-refractivity contribution in [2.75, 3.05) is 31.6 Å². The second-order valence-electron chi connectivity index (χ2n) is 7.01. The molecule has 0 radical (unpaired) electrons. The number of rotatable bonds is 7. The van der Waals surface area contributed by atoms with Crippen LogP contribution >= 0.6 is 0 Å². The number of piperidine rings is 1. The lowest BCUT2D eigenvalue weighted by Crippen LogP contribution is -2.43. The molecule has 0 saturated carbocycles. The molecule has 0 spiro atoms. The summed E-state index contributed by atoms with van der Waals surface area (Å²) >= 11 is 0. The quantitative estimate of drug-likeness (QED) is 0.761. The predicted octanol–water partition coefficient (Wildman–Crippen LogP) is 3.21. The molecule has 7 heteroatoms. The molecule has 0 aromatic heterocycles. The molecule has 2 aromatic rings. The molecule has 1 aliphatic rings. The molecular weight excluding hydrogens is 382 g/mol. The van der Waals surface area contributed by atoms with Gasteiger partial charge in [-0.05, 0) is 44.0 Å². The van der Waals surface area contributed by atoms with Gasteiger partial charge in [0.05, 0.1) is 18.2 Å². The zero-order chi connectivity index (χ0) is 21.3. The van der Waals surface area contributed by atoms with Gasteiger partial charge in [0.15, 0.2) is 18.1 Å². The van der Waals surface area contributed by atoms with Gasteiger partial charge in [0.25, 0.3) is 5.91 Å². The van der Waals surface area contributed by atoms with Gasteiger partial charge in [0.2, 0.25) is 5.91 Å². The first-order valence-corrected chi connectivity index (χ1v) is 10.0. The van der Waals surface area contributed by atoms with Crippen molar-refractivity contribution in [3.8, 4) is 17.6 Å². The minimum absolute atomic E-state index is 0.0107. The van der Waals surface area contributed by atoms with Crippen LogP contribution in [0.2, 0.25) is 0 Å². The highest BCUT2D eigenvalue weighted by Gasteiger charge is 2.27. The zero-order valence-electron chi connectivity index (χ0n) is 17.0. The molecular formula is C23H25N3O4. The van der Waals surface area contributed by atoms with Crippen LogP contribution in [0.3, 0.4) is 0 Å². The molecule has 2 amide bonds. The summed E-state index contributed by atoms with van der Waals surface area (Å²) in [6.45, 7) is 3.18. The highest BCUT2D eigenvalue weighted by molar-refractivity contribution is 5.92. The van der Waals surface area contributed by atoms with Crippen molar-refractivity contribution in [3.63, 3.8) is 0 Å². The van der Waals surface area contributed by atoms with E-state index in [4.69, 9.17) is 14.7 Å². The van der Waals surface area contributed by atoms with E-state index in [1.54, 1.807) is 23.1 Å². The third kappa shape index (κ3) is 5.51. The fourth-order valence-corrected chi connectivity index (χ4v) is 3.35. The molecule has 2 aromatic carbocycles. The largest absolute Gasteiger partial charge is 0.490 e. The molecule has 1 fully saturated rings. The number of carbonyl (C=O) groups excluding carboxylic acids is 2. The summed E-state index contributed by atoms with van der Waals surface area (Å²) in [6, 6.07) is 16.3. The number of carbonyl (C=O) groups is 2. The van der Waals surface area contributed by atoms with Crippen LogP contribution in [0.5, 0.6) is 11.5 Å². The van der Waals surface area contributed by atoms with Crippen LogP contribution in [0.15, 0.2) is 48.5 Å². The van der Waals surface area contributed by atoms with Crippen molar-refractivity contribution in [2.45, 2.75) is 19.8 Å². The maximum absolute atomic E-state index is 12.5. The van der Waals surface area contributed by atoms with E-state index in [2.05, 4.69) is 11.4 Å². The average Bonchev–Trinajstić information content (AvgIpc) is 2.79. The normalized spacial score (nSPS) is 13.9. The van der Waals surface area contributed by atoms with Crippen LogP contribution in [0.4, 0.5) is 5.69 Å². The number of ether oxygens (including phenoxy) is 2. The van der Waals surface area contributed by atoms with E-state index >= 15 is 0 Å². The lowest BCUT2D eigenvalue weighted by molar-refractivity contribution is -0.136. The molecule has 1 heterocycles. The van der Waals surface area contributed by atoms with Crippen molar-refractivity contribution in [2.24, 2.45) is 5.92 Å². The van der Waals surface area contributed by atoms with Crippen molar-refractivity contribution < 1.29 is 19.1 Å². The first-order chi connectivity index (χ1) is 14.6. The Morgan fingerprint density at radius 1 is 1.10 bits per heavy atom. The molecule has 1 saturated heterocycles. The molecule has 0 bridgehead atoms. The van der Waals surface area contributed by atoms with E-state index < -0.39 is 0 Å². The number of nitrogens with one attached hydrogen (secondary N) is 1. The summed E-state index contributed by atoms with van der Waals surface area (Å²) < 4.78 is 11.2. The van der Waals surface area contributed by atoms with Crippen molar-refractivity contribution in [1.29, 1.82) is 5.26 Å².